The molecule has 140 valence electrons. The molecule has 2 aromatic heterocycles. The normalized spacial score (nSPS) is 17.5. The highest BCUT2D eigenvalue weighted by Crippen LogP contribution is 2.39. The fourth-order valence-corrected chi connectivity index (χ4v) is 5.52. The largest absolute Gasteiger partial charge is 0.363 e. The molecule has 0 atom stereocenters. The van der Waals surface area contributed by atoms with Crippen LogP contribution in [0.25, 0.3) is 10.2 Å². The van der Waals surface area contributed by atoms with E-state index < -0.39 is 0 Å². The van der Waals surface area contributed by atoms with Crippen molar-refractivity contribution in [3.05, 3.63) is 16.3 Å². The van der Waals surface area contributed by atoms with Crippen LogP contribution in [0.15, 0.2) is 0 Å². The summed E-state index contributed by atoms with van der Waals surface area (Å²) in [6.45, 7) is 8.96. The average molecular weight is 390 g/mol. The lowest BCUT2D eigenvalue weighted by Crippen LogP contribution is -2.52. The number of aromatic nitrogens is 2. The summed E-state index contributed by atoms with van der Waals surface area (Å²) in [5.41, 5.74) is 1.52. The Bertz CT molecular complexity index is 808. The minimum Gasteiger partial charge on any atom is -0.363 e. The predicted molar refractivity (Wildman–Crippen MR) is 113 cm³/mol. The summed E-state index contributed by atoms with van der Waals surface area (Å²) in [4.78, 5) is 17.1. The SMILES string of the molecule is CCCNC(=S)N1CCN(c2nc(C)nc3sc4c(c23)CCCC4)CC1. The molecule has 1 N–H and O–H groups in total. The first-order valence-electron chi connectivity index (χ1n) is 9.74. The Morgan fingerprint density at radius 2 is 1.92 bits per heavy atom. The molecule has 5 nitrogen and oxygen atoms in total. The third kappa shape index (κ3) is 3.39. The molecule has 7 heteroatoms. The van der Waals surface area contributed by atoms with Gasteiger partial charge in [0.1, 0.15) is 16.5 Å². The zero-order valence-electron chi connectivity index (χ0n) is 15.7. The topological polar surface area (TPSA) is 44.3 Å². The van der Waals surface area contributed by atoms with Crippen LogP contribution in [0, 0.1) is 6.92 Å². The van der Waals surface area contributed by atoms with Gasteiger partial charge in [-0.05, 0) is 56.8 Å². The van der Waals surface area contributed by atoms with Gasteiger partial charge in [0.15, 0.2) is 5.11 Å². The van der Waals surface area contributed by atoms with Gasteiger partial charge in [0.25, 0.3) is 0 Å². The zero-order chi connectivity index (χ0) is 18.1. The van der Waals surface area contributed by atoms with Crippen molar-refractivity contribution in [1.82, 2.24) is 20.2 Å². The molecule has 1 fully saturated rings. The van der Waals surface area contributed by atoms with Crippen molar-refractivity contribution in [2.75, 3.05) is 37.6 Å². The van der Waals surface area contributed by atoms with E-state index in [1.54, 1.807) is 0 Å². The molecule has 2 aromatic rings. The minimum absolute atomic E-state index is 0.883. The molecule has 1 aliphatic carbocycles. The molecule has 1 aliphatic heterocycles. The summed E-state index contributed by atoms with van der Waals surface area (Å²) in [5, 5.41) is 5.57. The second-order valence-electron chi connectivity index (χ2n) is 7.19. The maximum atomic E-state index is 5.53. The lowest BCUT2D eigenvalue weighted by molar-refractivity contribution is 0.379. The minimum atomic E-state index is 0.883. The number of hydrogen-bond acceptors (Lipinski definition) is 5. The molecular formula is C19H27N5S2. The summed E-state index contributed by atoms with van der Waals surface area (Å²) in [5.74, 6) is 2.03. The molecule has 0 spiro atoms. The third-order valence-corrected chi connectivity index (χ3v) is 6.89. The number of thiocarbonyl (C=S) groups is 1. The van der Waals surface area contributed by atoms with Gasteiger partial charge in [-0.1, -0.05) is 6.92 Å². The Morgan fingerprint density at radius 3 is 2.69 bits per heavy atom. The monoisotopic (exact) mass is 389 g/mol. The molecular weight excluding hydrogens is 362 g/mol. The van der Waals surface area contributed by atoms with Crippen LogP contribution in [0.5, 0.6) is 0 Å². The summed E-state index contributed by atoms with van der Waals surface area (Å²) >= 11 is 7.42. The number of thiophene rings is 1. The van der Waals surface area contributed by atoms with Crippen LogP contribution in [0.2, 0.25) is 0 Å². The van der Waals surface area contributed by atoms with Gasteiger partial charge in [0.05, 0.1) is 5.39 Å². The number of anilines is 1. The summed E-state index contributed by atoms with van der Waals surface area (Å²) in [7, 11) is 0. The first-order valence-corrected chi connectivity index (χ1v) is 11.0. The van der Waals surface area contributed by atoms with Gasteiger partial charge in [0.2, 0.25) is 0 Å². The molecule has 0 bridgehead atoms. The van der Waals surface area contributed by atoms with E-state index in [2.05, 4.69) is 22.0 Å². The van der Waals surface area contributed by atoms with Crippen molar-refractivity contribution in [3.8, 4) is 0 Å². The van der Waals surface area contributed by atoms with Crippen LogP contribution >= 0.6 is 23.6 Å². The predicted octanol–water partition coefficient (Wildman–Crippen LogP) is 3.29. The molecule has 0 radical (unpaired) electrons. The molecule has 26 heavy (non-hydrogen) atoms. The van der Waals surface area contributed by atoms with Gasteiger partial charge >= 0.3 is 0 Å². The molecule has 1 saturated heterocycles. The van der Waals surface area contributed by atoms with Crippen LogP contribution in [-0.4, -0.2) is 52.7 Å². The third-order valence-electron chi connectivity index (χ3n) is 5.30. The highest BCUT2D eigenvalue weighted by Gasteiger charge is 2.26. The summed E-state index contributed by atoms with van der Waals surface area (Å²) in [6.07, 6.45) is 6.08. The fraction of sp³-hybridized carbons (Fsp3) is 0.632. The lowest BCUT2D eigenvalue weighted by atomic mass is 9.97. The van der Waals surface area contributed by atoms with Gasteiger partial charge in [-0.15, -0.1) is 11.3 Å². The molecule has 2 aliphatic rings. The molecule has 0 amide bonds. The average Bonchev–Trinajstić information content (AvgIpc) is 3.03. The Kier molecular flexibility index (Phi) is 5.27. The van der Waals surface area contributed by atoms with E-state index in [-0.39, 0.29) is 0 Å². The summed E-state index contributed by atoms with van der Waals surface area (Å²) < 4.78 is 0. The molecule has 3 heterocycles. The van der Waals surface area contributed by atoms with Gasteiger partial charge in [-0.3, -0.25) is 0 Å². The van der Waals surface area contributed by atoms with E-state index in [0.29, 0.717) is 0 Å². The van der Waals surface area contributed by atoms with Crippen LogP contribution in [0.4, 0.5) is 5.82 Å². The van der Waals surface area contributed by atoms with E-state index >= 15 is 0 Å². The fourth-order valence-electron chi connectivity index (χ4n) is 3.94. The maximum absolute atomic E-state index is 5.53. The Hall–Kier alpha value is -1.47. The van der Waals surface area contributed by atoms with Gasteiger partial charge in [-0.25, -0.2) is 9.97 Å². The van der Waals surface area contributed by atoms with Gasteiger partial charge in [-0.2, -0.15) is 0 Å². The van der Waals surface area contributed by atoms with Crippen molar-refractivity contribution < 1.29 is 0 Å². The Morgan fingerprint density at radius 1 is 1.15 bits per heavy atom. The first-order chi connectivity index (χ1) is 12.7. The van der Waals surface area contributed by atoms with Crippen LogP contribution in [0.3, 0.4) is 0 Å². The van der Waals surface area contributed by atoms with Crippen molar-refractivity contribution in [1.29, 1.82) is 0 Å². The number of nitrogens with one attached hydrogen (secondary N) is 1. The smallest absolute Gasteiger partial charge is 0.169 e. The molecule has 0 saturated carbocycles. The zero-order valence-corrected chi connectivity index (χ0v) is 17.3. The van der Waals surface area contributed by atoms with E-state index in [9.17, 15) is 0 Å². The Balaban J connectivity index is 1.58. The van der Waals surface area contributed by atoms with Crippen molar-refractivity contribution in [3.63, 3.8) is 0 Å². The van der Waals surface area contributed by atoms with E-state index in [4.69, 9.17) is 22.2 Å². The highest BCUT2D eigenvalue weighted by molar-refractivity contribution is 7.80. The highest BCUT2D eigenvalue weighted by atomic mass is 32.1. The second kappa shape index (κ2) is 7.64. The number of fused-ring (bicyclic) bond motifs is 3. The van der Waals surface area contributed by atoms with Gasteiger partial charge < -0.3 is 15.1 Å². The second-order valence-corrected chi connectivity index (χ2v) is 8.66. The summed E-state index contributed by atoms with van der Waals surface area (Å²) in [6, 6.07) is 0. The molecule has 4 rings (SSSR count). The van der Waals surface area contributed by atoms with E-state index in [1.807, 2.05) is 18.3 Å². The van der Waals surface area contributed by atoms with Crippen molar-refractivity contribution >= 4 is 44.7 Å². The van der Waals surface area contributed by atoms with Crippen LogP contribution in [0.1, 0.15) is 42.5 Å². The number of piperazine rings is 1. The van der Waals surface area contributed by atoms with Crippen molar-refractivity contribution in [2.24, 2.45) is 0 Å². The first kappa shape index (κ1) is 17.9. The number of nitrogens with zero attached hydrogens (tertiary/aromatic N) is 4. The Labute approximate surface area is 164 Å². The van der Waals surface area contributed by atoms with Crippen molar-refractivity contribution in [2.45, 2.75) is 46.0 Å². The molecule has 0 unspecified atom stereocenters. The molecule has 0 aromatic carbocycles. The van der Waals surface area contributed by atoms with Crippen LogP contribution in [-0.2, 0) is 12.8 Å². The number of hydrogen-bond donors (Lipinski definition) is 1. The quantitative estimate of drug-likeness (QED) is 0.813. The van der Waals surface area contributed by atoms with Gasteiger partial charge in [0, 0.05) is 37.6 Å². The lowest BCUT2D eigenvalue weighted by Gasteiger charge is -2.37. The number of rotatable bonds is 3. The standard InChI is InChI=1S/C19H27N5S2/c1-3-8-20-19(25)24-11-9-23(10-12-24)17-16-14-6-4-5-7-15(14)26-18(16)22-13(2)21-17/h3-12H2,1-2H3,(H,20,25). The number of aryl methyl sites for hydroxylation is 3. The van der Waals surface area contributed by atoms with Crippen LogP contribution < -0.4 is 10.2 Å². The van der Waals surface area contributed by atoms with E-state index in [0.717, 1.165) is 55.9 Å². The maximum Gasteiger partial charge on any atom is 0.169 e. The van der Waals surface area contributed by atoms with E-state index in [1.165, 1.54) is 46.3 Å².